The molecule has 1 amide bonds. The summed E-state index contributed by atoms with van der Waals surface area (Å²) >= 11 is 3.40. The molecule has 0 aliphatic carbocycles. The maximum absolute atomic E-state index is 10.9. The van der Waals surface area contributed by atoms with Gasteiger partial charge in [-0.1, -0.05) is 41.9 Å². The fourth-order valence-corrected chi connectivity index (χ4v) is 1.76. The summed E-state index contributed by atoms with van der Waals surface area (Å²) in [5.74, 6) is -0.580. The van der Waals surface area contributed by atoms with Crippen LogP contribution in [-0.2, 0) is 15.0 Å². The normalized spacial score (nSPS) is 10.9. The highest BCUT2D eigenvalue weighted by molar-refractivity contribution is 9.10. The van der Waals surface area contributed by atoms with Crippen LogP contribution in [0.2, 0.25) is 0 Å². The number of hydrogen-bond donors (Lipinski definition) is 1. The van der Waals surface area contributed by atoms with Crippen molar-refractivity contribution < 1.29 is 9.59 Å². The predicted octanol–water partition coefficient (Wildman–Crippen LogP) is 2.04. The van der Waals surface area contributed by atoms with Crippen LogP contribution >= 0.6 is 15.9 Å². The Balaban J connectivity index is 2.77. The van der Waals surface area contributed by atoms with E-state index < -0.39 is 5.91 Å². The molecular formula is C12H14BrNO2. The topological polar surface area (TPSA) is 46.2 Å². The highest BCUT2D eigenvalue weighted by Gasteiger charge is 2.21. The van der Waals surface area contributed by atoms with E-state index in [4.69, 9.17) is 0 Å². The minimum Gasteiger partial charge on any atom is -0.349 e. The molecule has 0 unspecified atom stereocenters. The molecule has 0 heterocycles. The molecule has 4 heteroatoms. The Morgan fingerprint density at radius 3 is 2.75 bits per heavy atom. The first-order valence-corrected chi connectivity index (χ1v) is 5.74. The van der Waals surface area contributed by atoms with Gasteiger partial charge < -0.3 is 5.32 Å². The third-order valence-corrected chi connectivity index (χ3v) is 2.91. The van der Waals surface area contributed by atoms with Gasteiger partial charge in [0.05, 0.1) is 0 Å². The number of carbonyl (C=O) groups excluding carboxylic acids is 2. The molecule has 1 rings (SSSR count). The van der Waals surface area contributed by atoms with Crippen LogP contribution < -0.4 is 5.32 Å². The molecular weight excluding hydrogens is 270 g/mol. The monoisotopic (exact) mass is 283 g/mol. The second kappa shape index (κ2) is 5.25. The summed E-state index contributed by atoms with van der Waals surface area (Å²) in [5.41, 5.74) is 0.899. The highest BCUT2D eigenvalue weighted by atomic mass is 79.9. The summed E-state index contributed by atoms with van der Waals surface area (Å²) in [4.78, 5) is 21.1. The van der Waals surface area contributed by atoms with E-state index in [0.717, 1.165) is 10.0 Å². The predicted molar refractivity (Wildman–Crippen MR) is 66.2 cm³/mol. The quantitative estimate of drug-likeness (QED) is 0.679. The van der Waals surface area contributed by atoms with Crippen LogP contribution in [0.1, 0.15) is 19.4 Å². The molecule has 3 nitrogen and oxygen atoms in total. The Morgan fingerprint density at radius 1 is 1.50 bits per heavy atom. The van der Waals surface area contributed by atoms with Gasteiger partial charge in [0, 0.05) is 16.4 Å². The zero-order valence-electron chi connectivity index (χ0n) is 9.29. The fourth-order valence-electron chi connectivity index (χ4n) is 1.36. The van der Waals surface area contributed by atoms with Crippen LogP contribution in [0.15, 0.2) is 28.7 Å². The van der Waals surface area contributed by atoms with E-state index in [2.05, 4.69) is 21.2 Å². The van der Waals surface area contributed by atoms with E-state index in [1.807, 2.05) is 38.1 Å². The molecule has 16 heavy (non-hydrogen) atoms. The molecule has 1 N–H and O–H groups in total. The zero-order valence-corrected chi connectivity index (χ0v) is 10.9. The molecule has 0 fully saturated rings. The second-order valence-corrected chi connectivity index (χ2v) is 5.15. The average molecular weight is 284 g/mol. The third-order valence-electron chi connectivity index (χ3n) is 2.42. The first kappa shape index (κ1) is 12.9. The molecule has 0 saturated carbocycles. The lowest BCUT2D eigenvalue weighted by Crippen LogP contribution is -2.37. The molecule has 0 radical (unpaired) electrons. The molecule has 1 aromatic carbocycles. The molecule has 0 bridgehead atoms. The number of nitrogens with one attached hydrogen (secondary N) is 1. The lowest BCUT2D eigenvalue weighted by Gasteiger charge is -2.25. The first-order chi connectivity index (χ1) is 7.45. The number of rotatable bonds is 4. The Bertz CT molecular complexity index is 402. The van der Waals surface area contributed by atoms with Gasteiger partial charge in [0.25, 0.3) is 5.91 Å². The molecule has 0 spiro atoms. The zero-order chi connectivity index (χ0) is 12.2. The largest absolute Gasteiger partial charge is 0.349 e. The number of hydrogen-bond acceptors (Lipinski definition) is 2. The van der Waals surface area contributed by atoms with E-state index in [-0.39, 0.29) is 11.7 Å². The summed E-state index contributed by atoms with van der Waals surface area (Å²) in [6.07, 6.45) is 0.289. The van der Waals surface area contributed by atoms with E-state index >= 15 is 0 Å². The van der Waals surface area contributed by atoms with Gasteiger partial charge in [-0.3, -0.25) is 9.59 Å². The van der Waals surface area contributed by atoms with Crippen LogP contribution in [-0.4, -0.2) is 18.7 Å². The molecule has 0 aromatic heterocycles. The Hall–Kier alpha value is -1.16. The van der Waals surface area contributed by atoms with Gasteiger partial charge in [0.2, 0.25) is 6.29 Å². The Labute approximate surface area is 103 Å². The first-order valence-electron chi connectivity index (χ1n) is 4.95. The van der Waals surface area contributed by atoms with Gasteiger partial charge in [-0.2, -0.15) is 0 Å². The molecule has 86 valence electrons. The van der Waals surface area contributed by atoms with Crippen molar-refractivity contribution >= 4 is 28.1 Å². The lowest BCUT2D eigenvalue weighted by atomic mass is 9.84. The summed E-state index contributed by atoms with van der Waals surface area (Å²) in [5, 5.41) is 2.57. The fraction of sp³-hybridized carbons (Fsp3) is 0.333. The summed E-state index contributed by atoms with van der Waals surface area (Å²) in [7, 11) is 0. The number of halogens is 1. The van der Waals surface area contributed by atoms with Crippen molar-refractivity contribution in [3.63, 3.8) is 0 Å². The SMILES string of the molecule is CC(C)(CNC(=O)C=O)c1cccc(Br)c1. The second-order valence-electron chi connectivity index (χ2n) is 4.23. The molecule has 0 saturated heterocycles. The minimum atomic E-state index is -0.580. The summed E-state index contributed by atoms with van der Waals surface area (Å²) in [6.45, 7) is 4.46. The van der Waals surface area contributed by atoms with Gasteiger partial charge in [0.15, 0.2) is 0 Å². The van der Waals surface area contributed by atoms with Crippen molar-refractivity contribution in [3.05, 3.63) is 34.3 Å². The van der Waals surface area contributed by atoms with Crippen LogP contribution in [0, 0.1) is 0 Å². The van der Waals surface area contributed by atoms with Crippen molar-refractivity contribution in [1.29, 1.82) is 0 Å². The number of carbonyl (C=O) groups is 2. The average Bonchev–Trinajstić information content (AvgIpc) is 2.26. The van der Waals surface area contributed by atoms with Crippen molar-refractivity contribution in [2.75, 3.05) is 6.54 Å². The summed E-state index contributed by atoms with van der Waals surface area (Å²) < 4.78 is 1.000. The van der Waals surface area contributed by atoms with Crippen molar-refractivity contribution in [2.45, 2.75) is 19.3 Å². The Kier molecular flexibility index (Phi) is 4.24. The molecule has 0 aliphatic rings. The van der Waals surface area contributed by atoms with Gasteiger partial charge in [-0.25, -0.2) is 0 Å². The maximum atomic E-state index is 10.9. The van der Waals surface area contributed by atoms with Crippen molar-refractivity contribution in [3.8, 4) is 0 Å². The lowest BCUT2D eigenvalue weighted by molar-refractivity contribution is -0.131. The van der Waals surface area contributed by atoms with Gasteiger partial charge in [0.1, 0.15) is 0 Å². The van der Waals surface area contributed by atoms with E-state index in [9.17, 15) is 9.59 Å². The summed E-state index contributed by atoms with van der Waals surface area (Å²) in [6, 6.07) is 7.90. The van der Waals surface area contributed by atoms with Crippen LogP contribution in [0.25, 0.3) is 0 Å². The minimum absolute atomic E-state index is 0.206. The van der Waals surface area contributed by atoms with Crippen molar-refractivity contribution in [2.24, 2.45) is 0 Å². The van der Waals surface area contributed by atoms with Gasteiger partial charge in [-0.05, 0) is 17.7 Å². The molecule has 0 atom stereocenters. The van der Waals surface area contributed by atoms with Crippen LogP contribution in [0.4, 0.5) is 0 Å². The number of benzene rings is 1. The van der Waals surface area contributed by atoms with E-state index in [1.165, 1.54) is 0 Å². The van der Waals surface area contributed by atoms with Gasteiger partial charge in [-0.15, -0.1) is 0 Å². The highest BCUT2D eigenvalue weighted by Crippen LogP contribution is 2.24. The number of amides is 1. The molecule has 1 aromatic rings. The molecule has 0 aliphatic heterocycles. The van der Waals surface area contributed by atoms with E-state index in [1.54, 1.807) is 0 Å². The standard InChI is InChI=1S/C12H14BrNO2/c1-12(2,8-14-11(16)7-15)9-4-3-5-10(13)6-9/h3-7H,8H2,1-2H3,(H,14,16). The number of aldehydes is 1. The maximum Gasteiger partial charge on any atom is 0.284 e. The van der Waals surface area contributed by atoms with Crippen molar-refractivity contribution in [1.82, 2.24) is 5.32 Å². The van der Waals surface area contributed by atoms with E-state index in [0.29, 0.717) is 6.54 Å². The van der Waals surface area contributed by atoms with Gasteiger partial charge >= 0.3 is 0 Å². The van der Waals surface area contributed by atoms with Crippen LogP contribution in [0.5, 0.6) is 0 Å². The smallest absolute Gasteiger partial charge is 0.284 e. The third kappa shape index (κ3) is 3.45. The van der Waals surface area contributed by atoms with Crippen LogP contribution in [0.3, 0.4) is 0 Å². The Morgan fingerprint density at radius 2 is 2.19 bits per heavy atom.